The van der Waals surface area contributed by atoms with Crippen molar-refractivity contribution in [1.82, 2.24) is 9.88 Å². The monoisotopic (exact) mass is 412 g/mol. The first kappa shape index (κ1) is 22.2. The summed E-state index contributed by atoms with van der Waals surface area (Å²) in [6.45, 7) is 13.2. The minimum absolute atomic E-state index is 0.0955. The Kier molecular flexibility index (Phi) is 6.94. The minimum Gasteiger partial charge on any atom is -0.413 e. The summed E-state index contributed by atoms with van der Waals surface area (Å²) in [6.07, 6.45) is 4.87. The number of benzene rings is 1. The van der Waals surface area contributed by atoms with Gasteiger partial charge in [0.1, 0.15) is 0 Å². The summed E-state index contributed by atoms with van der Waals surface area (Å²) in [6, 6.07) is 14.6. The first-order valence-electron chi connectivity index (χ1n) is 10.7. The Morgan fingerprint density at radius 1 is 1.10 bits per heavy atom. The number of nitrogens with zero attached hydrogens (tertiary/aromatic N) is 2. The Labute approximate surface area is 177 Å². The van der Waals surface area contributed by atoms with Crippen LogP contribution >= 0.6 is 0 Å². The summed E-state index contributed by atoms with van der Waals surface area (Å²) in [4.78, 5) is 6.50. The second-order valence-corrected chi connectivity index (χ2v) is 14.6. The molecule has 1 N–H and O–H groups in total. The van der Waals surface area contributed by atoms with Crippen LogP contribution in [0.3, 0.4) is 0 Å². The second kappa shape index (κ2) is 9.09. The predicted octanol–water partition coefficient (Wildman–Crippen LogP) is 4.65. The third kappa shape index (κ3) is 5.76. The van der Waals surface area contributed by atoms with Gasteiger partial charge in [0.05, 0.1) is 12.2 Å². The second-order valence-electron chi connectivity index (χ2n) is 9.85. The molecule has 0 radical (unpaired) electrons. The Morgan fingerprint density at radius 2 is 1.76 bits per heavy atom. The zero-order valence-corrected chi connectivity index (χ0v) is 19.5. The number of hydrogen-bond donors (Lipinski definition) is 1. The van der Waals surface area contributed by atoms with Gasteiger partial charge in [0.25, 0.3) is 0 Å². The summed E-state index contributed by atoms with van der Waals surface area (Å²) in [5.74, 6) is 0. The molecule has 0 spiro atoms. The molecule has 2 aromatic rings. The number of pyridine rings is 1. The SMILES string of the molecule is CC(C)(C)[Si](C)(C)O[C@@H]1C[C@@H](C(O)Cc2ccncc2)N(Cc2ccccc2)C1. The summed E-state index contributed by atoms with van der Waals surface area (Å²) in [7, 11) is -1.85. The van der Waals surface area contributed by atoms with E-state index in [-0.39, 0.29) is 17.2 Å². The number of hydrogen-bond acceptors (Lipinski definition) is 4. The van der Waals surface area contributed by atoms with Crippen molar-refractivity contribution in [3.8, 4) is 0 Å². The fourth-order valence-electron chi connectivity index (χ4n) is 3.87. The van der Waals surface area contributed by atoms with E-state index >= 15 is 0 Å². The van der Waals surface area contributed by atoms with E-state index in [1.54, 1.807) is 12.4 Å². The normalized spacial score (nSPS) is 22.0. The van der Waals surface area contributed by atoms with Gasteiger partial charge in [-0.05, 0) is 54.2 Å². The third-order valence-electron chi connectivity index (χ3n) is 6.55. The van der Waals surface area contributed by atoms with Crippen molar-refractivity contribution in [2.75, 3.05) is 6.54 Å². The van der Waals surface area contributed by atoms with Gasteiger partial charge in [-0.3, -0.25) is 9.88 Å². The number of likely N-dealkylation sites (tertiary alicyclic amines) is 1. The van der Waals surface area contributed by atoms with Crippen molar-refractivity contribution in [3.05, 3.63) is 66.0 Å². The average Bonchev–Trinajstić information content (AvgIpc) is 3.04. The lowest BCUT2D eigenvalue weighted by Gasteiger charge is -2.38. The van der Waals surface area contributed by atoms with Crippen molar-refractivity contribution in [1.29, 1.82) is 0 Å². The molecule has 158 valence electrons. The van der Waals surface area contributed by atoms with Gasteiger partial charge in [0, 0.05) is 31.5 Å². The van der Waals surface area contributed by atoms with Crippen molar-refractivity contribution < 1.29 is 9.53 Å². The van der Waals surface area contributed by atoms with Gasteiger partial charge >= 0.3 is 0 Å². The molecule has 0 aliphatic carbocycles. The van der Waals surface area contributed by atoms with Gasteiger partial charge in [-0.25, -0.2) is 0 Å². The van der Waals surface area contributed by atoms with E-state index in [0.29, 0.717) is 6.42 Å². The van der Waals surface area contributed by atoms with Gasteiger partial charge in [-0.2, -0.15) is 0 Å². The molecule has 0 amide bonds. The molecular weight excluding hydrogens is 376 g/mol. The van der Waals surface area contributed by atoms with Gasteiger partial charge in [0.2, 0.25) is 0 Å². The lowest BCUT2D eigenvalue weighted by molar-refractivity contribution is 0.0694. The molecular formula is C24H36N2O2Si. The first-order valence-corrected chi connectivity index (χ1v) is 13.6. The van der Waals surface area contributed by atoms with Crippen molar-refractivity contribution in [2.24, 2.45) is 0 Å². The minimum atomic E-state index is -1.85. The highest BCUT2D eigenvalue weighted by molar-refractivity contribution is 6.74. The third-order valence-corrected chi connectivity index (χ3v) is 11.1. The van der Waals surface area contributed by atoms with Crippen LogP contribution in [0.25, 0.3) is 0 Å². The maximum Gasteiger partial charge on any atom is 0.192 e. The molecule has 0 saturated carbocycles. The molecule has 3 rings (SSSR count). The van der Waals surface area contributed by atoms with Crippen LogP contribution in [0.1, 0.15) is 38.3 Å². The van der Waals surface area contributed by atoms with E-state index in [9.17, 15) is 5.11 Å². The maximum atomic E-state index is 11.1. The molecule has 1 unspecified atom stereocenters. The lowest BCUT2D eigenvalue weighted by atomic mass is 10.00. The topological polar surface area (TPSA) is 45.6 Å². The van der Waals surface area contributed by atoms with Crippen molar-refractivity contribution in [3.63, 3.8) is 0 Å². The largest absolute Gasteiger partial charge is 0.413 e. The van der Waals surface area contributed by atoms with Crippen LogP contribution in [-0.2, 0) is 17.4 Å². The van der Waals surface area contributed by atoms with Crippen LogP contribution in [0, 0.1) is 0 Å². The molecule has 1 aromatic heterocycles. The molecule has 5 heteroatoms. The van der Waals surface area contributed by atoms with E-state index in [1.807, 2.05) is 18.2 Å². The number of rotatable bonds is 7. The smallest absolute Gasteiger partial charge is 0.192 e. The van der Waals surface area contributed by atoms with Gasteiger partial charge in [0.15, 0.2) is 8.32 Å². The van der Waals surface area contributed by atoms with Crippen LogP contribution in [0.2, 0.25) is 18.1 Å². The van der Waals surface area contributed by atoms with E-state index < -0.39 is 14.4 Å². The standard InChI is InChI=1S/C24H36N2O2Si/c1-24(2,3)29(4,5)28-21-16-22(23(27)15-19-11-13-25-14-12-19)26(18-21)17-20-9-7-6-8-10-20/h6-14,21-23,27H,15-18H2,1-5H3/t21-,22+,23?/m1/s1. The zero-order valence-electron chi connectivity index (χ0n) is 18.5. The molecule has 1 aromatic carbocycles. The van der Waals surface area contributed by atoms with Crippen molar-refractivity contribution >= 4 is 8.32 Å². The summed E-state index contributed by atoms with van der Waals surface area (Å²) in [5.41, 5.74) is 2.41. The quantitative estimate of drug-likeness (QED) is 0.673. The van der Waals surface area contributed by atoms with Crippen LogP contribution in [0.4, 0.5) is 0 Å². The highest BCUT2D eigenvalue weighted by Gasteiger charge is 2.43. The number of aliphatic hydroxyl groups excluding tert-OH is 1. The molecule has 2 heterocycles. The molecule has 4 nitrogen and oxygen atoms in total. The van der Waals surface area contributed by atoms with E-state index in [4.69, 9.17) is 4.43 Å². The summed E-state index contributed by atoms with van der Waals surface area (Å²) >= 11 is 0. The first-order chi connectivity index (χ1) is 13.7. The van der Waals surface area contributed by atoms with Crippen molar-refractivity contribution in [2.45, 2.75) is 76.5 Å². The van der Waals surface area contributed by atoms with Gasteiger partial charge in [-0.1, -0.05) is 51.1 Å². The van der Waals surface area contributed by atoms with Gasteiger partial charge in [-0.15, -0.1) is 0 Å². The molecule has 29 heavy (non-hydrogen) atoms. The Morgan fingerprint density at radius 3 is 2.38 bits per heavy atom. The number of aliphatic hydroxyl groups is 1. The summed E-state index contributed by atoms with van der Waals surface area (Å²) in [5, 5.41) is 11.3. The fourth-order valence-corrected chi connectivity index (χ4v) is 5.22. The fraction of sp³-hybridized carbons (Fsp3) is 0.542. The predicted molar refractivity (Wildman–Crippen MR) is 121 cm³/mol. The average molecular weight is 413 g/mol. The van der Waals surface area contributed by atoms with Crippen LogP contribution < -0.4 is 0 Å². The van der Waals surface area contributed by atoms with Crippen LogP contribution in [0.15, 0.2) is 54.9 Å². The van der Waals surface area contributed by atoms with Gasteiger partial charge < -0.3 is 9.53 Å². The van der Waals surface area contributed by atoms with E-state index in [0.717, 1.165) is 25.1 Å². The molecule has 1 aliphatic rings. The molecule has 1 saturated heterocycles. The summed E-state index contributed by atoms with van der Waals surface area (Å²) < 4.78 is 6.74. The zero-order chi connectivity index (χ0) is 21.1. The van der Waals surface area contributed by atoms with E-state index in [2.05, 4.69) is 68.0 Å². The van der Waals surface area contributed by atoms with Crippen LogP contribution in [-0.4, -0.2) is 48.1 Å². The Hall–Kier alpha value is -1.53. The van der Waals surface area contributed by atoms with Crippen LogP contribution in [0.5, 0.6) is 0 Å². The Bertz CT molecular complexity index is 761. The Balaban J connectivity index is 1.75. The van der Waals surface area contributed by atoms with E-state index in [1.165, 1.54) is 5.56 Å². The highest BCUT2D eigenvalue weighted by Crippen LogP contribution is 2.39. The molecule has 0 bridgehead atoms. The molecule has 3 atom stereocenters. The lowest BCUT2D eigenvalue weighted by Crippen LogP contribution is -2.44. The number of aromatic nitrogens is 1. The molecule has 1 fully saturated rings. The highest BCUT2D eigenvalue weighted by atomic mass is 28.4. The molecule has 1 aliphatic heterocycles. The maximum absolute atomic E-state index is 11.1.